The first kappa shape index (κ1) is 19.5. The van der Waals surface area contributed by atoms with E-state index in [1.54, 1.807) is 0 Å². The number of methoxy groups -OCH3 is 1. The van der Waals surface area contributed by atoms with Gasteiger partial charge in [0.2, 0.25) is 0 Å². The van der Waals surface area contributed by atoms with E-state index in [0.29, 0.717) is 0 Å². The van der Waals surface area contributed by atoms with E-state index in [1.165, 1.54) is 7.11 Å². The molecule has 6 nitrogen and oxygen atoms in total. The molecule has 7 heteroatoms. The number of carbonyl (C=O) groups is 1. The third-order valence-electron chi connectivity index (χ3n) is 4.18. The molecule has 128 valence electrons. The Balaban J connectivity index is 0.00000242. The van der Waals surface area contributed by atoms with Crippen molar-refractivity contribution in [1.82, 2.24) is 10.2 Å². The van der Waals surface area contributed by atoms with Gasteiger partial charge in [0.05, 0.1) is 32.8 Å². The standard InChI is InChI=1S/C15H27N3O3.HI/c1-4-16-14(17-9-15(2)10-21-11-15)18-7-5-12(6-8-18)13(19)20-3;/h12H,4-11H2,1-3H3,(H,16,17);1H. The summed E-state index contributed by atoms with van der Waals surface area (Å²) >= 11 is 0. The van der Waals surface area contributed by atoms with Crippen LogP contribution in [0.1, 0.15) is 26.7 Å². The average molecular weight is 425 g/mol. The first-order chi connectivity index (χ1) is 10.1. The normalized spacial score (nSPS) is 21.6. The Kier molecular flexibility index (Phi) is 7.88. The Morgan fingerprint density at radius 3 is 2.50 bits per heavy atom. The lowest BCUT2D eigenvalue weighted by molar-refractivity contribution is -0.146. The molecular formula is C15H28IN3O3. The van der Waals surface area contributed by atoms with Crippen molar-refractivity contribution < 1.29 is 14.3 Å². The molecule has 2 aliphatic heterocycles. The van der Waals surface area contributed by atoms with Crippen LogP contribution < -0.4 is 5.32 Å². The van der Waals surface area contributed by atoms with Crippen LogP contribution in [-0.2, 0) is 14.3 Å². The fraction of sp³-hybridized carbons (Fsp3) is 0.867. The van der Waals surface area contributed by atoms with Crippen molar-refractivity contribution in [2.75, 3.05) is 46.5 Å². The van der Waals surface area contributed by atoms with Crippen molar-refractivity contribution in [1.29, 1.82) is 0 Å². The van der Waals surface area contributed by atoms with Crippen LogP contribution in [0.25, 0.3) is 0 Å². The van der Waals surface area contributed by atoms with Crippen molar-refractivity contribution in [3.8, 4) is 0 Å². The van der Waals surface area contributed by atoms with Crippen LogP contribution in [0.3, 0.4) is 0 Å². The summed E-state index contributed by atoms with van der Waals surface area (Å²) in [6.45, 7) is 9.19. The van der Waals surface area contributed by atoms with Gasteiger partial charge in [0, 0.05) is 25.0 Å². The molecule has 0 aromatic heterocycles. The van der Waals surface area contributed by atoms with Crippen LogP contribution in [0.2, 0.25) is 0 Å². The minimum Gasteiger partial charge on any atom is -0.469 e. The summed E-state index contributed by atoms with van der Waals surface area (Å²) in [7, 11) is 1.46. The topological polar surface area (TPSA) is 63.2 Å². The van der Waals surface area contributed by atoms with Crippen molar-refractivity contribution >= 4 is 35.9 Å². The van der Waals surface area contributed by atoms with Gasteiger partial charge in [-0.3, -0.25) is 9.79 Å². The summed E-state index contributed by atoms with van der Waals surface area (Å²) in [5.41, 5.74) is 0.186. The maximum Gasteiger partial charge on any atom is 0.308 e. The lowest BCUT2D eigenvalue weighted by Gasteiger charge is -2.38. The molecule has 0 amide bonds. The van der Waals surface area contributed by atoms with E-state index in [-0.39, 0.29) is 41.3 Å². The number of carbonyl (C=O) groups excluding carboxylic acids is 1. The zero-order chi connectivity index (χ0) is 15.3. The highest BCUT2D eigenvalue weighted by Crippen LogP contribution is 2.27. The molecule has 0 aliphatic carbocycles. The summed E-state index contributed by atoms with van der Waals surface area (Å²) in [6, 6.07) is 0. The Bertz CT molecular complexity index is 391. The number of nitrogens with one attached hydrogen (secondary N) is 1. The number of guanidine groups is 1. The number of rotatable bonds is 4. The number of ether oxygens (including phenoxy) is 2. The van der Waals surface area contributed by atoms with Crippen molar-refractivity contribution in [2.24, 2.45) is 16.3 Å². The average Bonchev–Trinajstić information content (AvgIpc) is 2.49. The van der Waals surface area contributed by atoms with Crippen molar-refractivity contribution in [3.63, 3.8) is 0 Å². The second-order valence-electron chi connectivity index (χ2n) is 6.26. The largest absolute Gasteiger partial charge is 0.469 e. The van der Waals surface area contributed by atoms with Gasteiger partial charge in [-0.25, -0.2) is 0 Å². The molecule has 2 aliphatic rings. The van der Waals surface area contributed by atoms with Gasteiger partial charge in [0.15, 0.2) is 5.96 Å². The van der Waals surface area contributed by atoms with Crippen LogP contribution in [-0.4, -0.2) is 63.3 Å². The van der Waals surface area contributed by atoms with Crippen LogP contribution >= 0.6 is 24.0 Å². The Morgan fingerprint density at radius 2 is 2.05 bits per heavy atom. The molecule has 2 heterocycles. The molecule has 2 fully saturated rings. The number of halogens is 1. The summed E-state index contributed by atoms with van der Waals surface area (Å²) in [4.78, 5) is 18.6. The first-order valence-corrected chi connectivity index (χ1v) is 7.77. The molecule has 1 N–H and O–H groups in total. The Hall–Kier alpha value is -0.570. The van der Waals surface area contributed by atoms with E-state index in [9.17, 15) is 4.79 Å². The van der Waals surface area contributed by atoms with Gasteiger partial charge >= 0.3 is 5.97 Å². The Morgan fingerprint density at radius 1 is 1.41 bits per heavy atom. The van der Waals surface area contributed by atoms with Crippen molar-refractivity contribution in [3.05, 3.63) is 0 Å². The minimum absolute atomic E-state index is 0. The molecule has 0 radical (unpaired) electrons. The molecule has 0 atom stereocenters. The smallest absolute Gasteiger partial charge is 0.308 e. The summed E-state index contributed by atoms with van der Waals surface area (Å²) < 4.78 is 10.1. The summed E-state index contributed by atoms with van der Waals surface area (Å²) in [6.07, 6.45) is 1.66. The van der Waals surface area contributed by atoms with Gasteiger partial charge in [-0.05, 0) is 19.8 Å². The van der Waals surface area contributed by atoms with Gasteiger partial charge in [-0.1, -0.05) is 6.92 Å². The fourth-order valence-electron chi connectivity index (χ4n) is 2.73. The van der Waals surface area contributed by atoms with Crippen LogP contribution in [0.15, 0.2) is 4.99 Å². The lowest BCUT2D eigenvalue weighted by Crippen LogP contribution is -2.48. The third-order valence-corrected chi connectivity index (χ3v) is 4.18. The second-order valence-corrected chi connectivity index (χ2v) is 6.26. The highest BCUT2D eigenvalue weighted by molar-refractivity contribution is 14.0. The first-order valence-electron chi connectivity index (χ1n) is 7.77. The molecule has 22 heavy (non-hydrogen) atoms. The summed E-state index contributed by atoms with van der Waals surface area (Å²) in [5.74, 6) is 0.899. The fourth-order valence-corrected chi connectivity index (χ4v) is 2.73. The van der Waals surface area contributed by atoms with Gasteiger partial charge < -0.3 is 19.7 Å². The molecule has 0 saturated carbocycles. The van der Waals surface area contributed by atoms with Crippen LogP contribution in [0.5, 0.6) is 0 Å². The molecule has 2 saturated heterocycles. The molecule has 0 bridgehead atoms. The molecule has 0 aromatic rings. The number of hydrogen-bond donors (Lipinski definition) is 1. The predicted molar refractivity (Wildman–Crippen MR) is 96.6 cm³/mol. The molecule has 0 unspecified atom stereocenters. The van der Waals surface area contributed by atoms with Crippen molar-refractivity contribution in [2.45, 2.75) is 26.7 Å². The number of likely N-dealkylation sites (tertiary alicyclic amines) is 1. The van der Waals surface area contributed by atoms with Gasteiger partial charge in [0.1, 0.15) is 0 Å². The zero-order valence-corrected chi connectivity index (χ0v) is 16.1. The number of aliphatic imine (C=N–C) groups is 1. The van der Waals surface area contributed by atoms with E-state index in [0.717, 1.165) is 58.2 Å². The predicted octanol–water partition coefficient (Wildman–Crippen LogP) is 1.49. The molecular weight excluding hydrogens is 397 g/mol. The number of piperidine rings is 1. The number of esters is 1. The molecule has 0 aromatic carbocycles. The number of hydrogen-bond acceptors (Lipinski definition) is 4. The summed E-state index contributed by atoms with van der Waals surface area (Å²) in [5, 5.41) is 3.35. The van der Waals surface area contributed by atoms with E-state index in [2.05, 4.69) is 24.1 Å². The van der Waals surface area contributed by atoms with E-state index >= 15 is 0 Å². The highest BCUT2D eigenvalue weighted by atomic mass is 127. The van der Waals surface area contributed by atoms with E-state index in [1.807, 2.05) is 0 Å². The second kappa shape index (κ2) is 8.90. The van der Waals surface area contributed by atoms with Crippen LogP contribution in [0, 0.1) is 11.3 Å². The van der Waals surface area contributed by atoms with Gasteiger partial charge in [-0.15, -0.1) is 24.0 Å². The SMILES string of the molecule is CCNC(=NCC1(C)COC1)N1CCC(C(=O)OC)CC1.I. The number of nitrogens with zero attached hydrogens (tertiary/aromatic N) is 2. The van der Waals surface area contributed by atoms with Crippen LogP contribution in [0.4, 0.5) is 0 Å². The maximum atomic E-state index is 11.6. The monoisotopic (exact) mass is 425 g/mol. The third kappa shape index (κ3) is 4.97. The lowest BCUT2D eigenvalue weighted by atomic mass is 9.89. The zero-order valence-electron chi connectivity index (χ0n) is 13.8. The molecule has 0 spiro atoms. The highest BCUT2D eigenvalue weighted by Gasteiger charge is 2.33. The van der Waals surface area contributed by atoms with Gasteiger partial charge in [0.25, 0.3) is 0 Å². The van der Waals surface area contributed by atoms with E-state index in [4.69, 9.17) is 14.5 Å². The minimum atomic E-state index is -0.0873. The molecule has 2 rings (SSSR count). The quantitative estimate of drug-likeness (QED) is 0.320. The maximum absolute atomic E-state index is 11.6. The van der Waals surface area contributed by atoms with Gasteiger partial charge in [-0.2, -0.15) is 0 Å². The Labute approximate surface area is 150 Å². The van der Waals surface area contributed by atoms with E-state index < -0.39 is 0 Å².